The average Bonchev–Trinajstić information content (AvgIpc) is 2.25. The van der Waals surface area contributed by atoms with E-state index in [-0.39, 0.29) is 18.2 Å². The third kappa shape index (κ3) is 3.09. The second-order valence-electron chi connectivity index (χ2n) is 4.09. The molecule has 1 aromatic rings. The van der Waals surface area contributed by atoms with E-state index in [9.17, 15) is 4.79 Å². The van der Waals surface area contributed by atoms with Gasteiger partial charge in [-0.3, -0.25) is 4.79 Å². The first-order valence-corrected chi connectivity index (χ1v) is 5.21. The minimum Gasteiger partial charge on any atom is -0.349 e. The molecule has 0 bridgehead atoms. The first kappa shape index (κ1) is 12.3. The van der Waals surface area contributed by atoms with Crippen molar-refractivity contribution in [1.29, 1.82) is 5.26 Å². The minimum atomic E-state index is -0.352. The van der Waals surface area contributed by atoms with Gasteiger partial charge in [0.05, 0.1) is 12.0 Å². The van der Waals surface area contributed by atoms with Gasteiger partial charge < -0.3 is 4.90 Å². The highest BCUT2D eigenvalue weighted by Crippen LogP contribution is 2.20. The fourth-order valence-electron chi connectivity index (χ4n) is 1.48. The van der Waals surface area contributed by atoms with E-state index in [0.29, 0.717) is 0 Å². The van der Waals surface area contributed by atoms with E-state index in [4.69, 9.17) is 5.26 Å². The van der Waals surface area contributed by atoms with Gasteiger partial charge in [-0.05, 0) is 12.5 Å². The summed E-state index contributed by atoms with van der Waals surface area (Å²) in [6.45, 7) is 1.98. The summed E-state index contributed by atoms with van der Waals surface area (Å²) >= 11 is 0. The Kier molecular flexibility index (Phi) is 4.07. The highest BCUT2D eigenvalue weighted by atomic mass is 16.2. The van der Waals surface area contributed by atoms with Crippen LogP contribution in [0.25, 0.3) is 0 Å². The van der Waals surface area contributed by atoms with Gasteiger partial charge in [-0.25, -0.2) is 0 Å². The third-order valence-electron chi connectivity index (χ3n) is 2.48. The van der Waals surface area contributed by atoms with E-state index >= 15 is 0 Å². The van der Waals surface area contributed by atoms with Crippen LogP contribution in [0.5, 0.6) is 0 Å². The Morgan fingerprint density at radius 1 is 1.50 bits per heavy atom. The molecule has 0 saturated heterocycles. The van der Waals surface area contributed by atoms with Gasteiger partial charge in [0.15, 0.2) is 0 Å². The molecule has 0 radical (unpaired) electrons. The van der Waals surface area contributed by atoms with E-state index in [0.717, 1.165) is 11.1 Å². The Bertz CT molecular complexity index is 418. The summed E-state index contributed by atoms with van der Waals surface area (Å²) < 4.78 is 0. The normalized spacial score (nSPS) is 11.6. The maximum absolute atomic E-state index is 11.5. The Labute approximate surface area is 96.3 Å². The summed E-state index contributed by atoms with van der Waals surface area (Å²) in [6, 6.07) is 9.92. The molecule has 3 heteroatoms. The molecule has 1 aromatic carbocycles. The standard InChI is InChI=1S/C13H16N2O/c1-10-5-4-6-11(7-10)12(9-14)8-13(16)15(2)3/h4-7,12H,8H2,1-3H3. The molecule has 0 spiro atoms. The van der Waals surface area contributed by atoms with Crippen molar-refractivity contribution < 1.29 is 4.79 Å². The first-order valence-electron chi connectivity index (χ1n) is 5.21. The van der Waals surface area contributed by atoms with Crippen LogP contribution in [0.3, 0.4) is 0 Å². The zero-order valence-electron chi connectivity index (χ0n) is 9.90. The summed E-state index contributed by atoms with van der Waals surface area (Å²) in [4.78, 5) is 13.1. The fraction of sp³-hybridized carbons (Fsp3) is 0.385. The van der Waals surface area contributed by atoms with Crippen molar-refractivity contribution >= 4 is 5.91 Å². The van der Waals surface area contributed by atoms with E-state index < -0.39 is 0 Å². The van der Waals surface area contributed by atoms with Gasteiger partial charge in [0.25, 0.3) is 0 Å². The topological polar surface area (TPSA) is 44.1 Å². The number of hydrogen-bond donors (Lipinski definition) is 0. The zero-order valence-corrected chi connectivity index (χ0v) is 9.90. The third-order valence-corrected chi connectivity index (χ3v) is 2.48. The summed E-state index contributed by atoms with van der Waals surface area (Å²) in [5, 5.41) is 9.08. The lowest BCUT2D eigenvalue weighted by Crippen LogP contribution is -2.23. The molecule has 1 rings (SSSR count). The molecule has 3 nitrogen and oxygen atoms in total. The molecule has 1 unspecified atom stereocenters. The Morgan fingerprint density at radius 3 is 2.69 bits per heavy atom. The number of hydrogen-bond acceptors (Lipinski definition) is 2. The predicted molar refractivity (Wildman–Crippen MR) is 62.8 cm³/mol. The minimum absolute atomic E-state index is 0.0203. The monoisotopic (exact) mass is 216 g/mol. The molecule has 0 aliphatic rings. The van der Waals surface area contributed by atoms with Gasteiger partial charge in [-0.15, -0.1) is 0 Å². The first-order chi connectivity index (χ1) is 7.54. The van der Waals surface area contributed by atoms with E-state index in [1.54, 1.807) is 14.1 Å². The Balaban J connectivity index is 2.84. The van der Waals surface area contributed by atoms with Crippen molar-refractivity contribution in [3.8, 4) is 6.07 Å². The average molecular weight is 216 g/mol. The smallest absolute Gasteiger partial charge is 0.223 e. The lowest BCUT2D eigenvalue weighted by molar-refractivity contribution is -0.128. The highest BCUT2D eigenvalue weighted by Gasteiger charge is 2.16. The zero-order chi connectivity index (χ0) is 12.1. The molecule has 84 valence electrons. The SMILES string of the molecule is Cc1cccc(C(C#N)CC(=O)N(C)C)c1. The van der Waals surface area contributed by atoms with Crippen molar-refractivity contribution in [2.24, 2.45) is 0 Å². The number of carbonyl (C=O) groups is 1. The molecule has 0 aliphatic carbocycles. The molecule has 1 amide bonds. The summed E-state index contributed by atoms with van der Waals surface area (Å²) in [5.74, 6) is -0.372. The number of nitriles is 1. The van der Waals surface area contributed by atoms with Gasteiger partial charge in [0.1, 0.15) is 0 Å². The maximum atomic E-state index is 11.5. The van der Waals surface area contributed by atoms with Crippen LogP contribution >= 0.6 is 0 Å². The van der Waals surface area contributed by atoms with Crippen LogP contribution in [0.15, 0.2) is 24.3 Å². The van der Waals surface area contributed by atoms with Crippen LogP contribution in [0, 0.1) is 18.3 Å². The van der Waals surface area contributed by atoms with Gasteiger partial charge in [0.2, 0.25) is 5.91 Å². The summed E-state index contributed by atoms with van der Waals surface area (Å²) in [6.07, 6.45) is 0.243. The largest absolute Gasteiger partial charge is 0.349 e. The van der Waals surface area contributed by atoms with Crippen molar-refractivity contribution in [1.82, 2.24) is 4.90 Å². The van der Waals surface area contributed by atoms with Crippen LogP contribution in [0.2, 0.25) is 0 Å². The maximum Gasteiger partial charge on any atom is 0.223 e. The van der Waals surface area contributed by atoms with Crippen molar-refractivity contribution in [3.63, 3.8) is 0 Å². The summed E-state index contributed by atoms with van der Waals surface area (Å²) in [7, 11) is 3.40. The van der Waals surface area contributed by atoms with Crippen LogP contribution in [0.4, 0.5) is 0 Å². The van der Waals surface area contributed by atoms with E-state index in [1.165, 1.54) is 4.90 Å². The number of carbonyl (C=O) groups excluding carboxylic acids is 1. The van der Waals surface area contributed by atoms with Gasteiger partial charge in [-0.1, -0.05) is 29.8 Å². The van der Waals surface area contributed by atoms with Gasteiger partial charge >= 0.3 is 0 Å². The second-order valence-corrected chi connectivity index (χ2v) is 4.09. The van der Waals surface area contributed by atoms with Crippen LogP contribution in [0.1, 0.15) is 23.5 Å². The Hall–Kier alpha value is -1.82. The summed E-state index contributed by atoms with van der Waals surface area (Å²) in [5.41, 5.74) is 2.02. The van der Waals surface area contributed by atoms with Crippen LogP contribution in [-0.4, -0.2) is 24.9 Å². The molecule has 0 fully saturated rings. The number of rotatable bonds is 3. The highest BCUT2D eigenvalue weighted by molar-refractivity contribution is 5.77. The van der Waals surface area contributed by atoms with Crippen molar-refractivity contribution in [3.05, 3.63) is 35.4 Å². The molecule has 0 N–H and O–H groups in total. The van der Waals surface area contributed by atoms with Gasteiger partial charge in [-0.2, -0.15) is 5.26 Å². The van der Waals surface area contributed by atoms with E-state index in [2.05, 4.69) is 6.07 Å². The lowest BCUT2D eigenvalue weighted by Gasteiger charge is -2.14. The molecular weight excluding hydrogens is 200 g/mol. The molecule has 0 aromatic heterocycles. The number of benzene rings is 1. The lowest BCUT2D eigenvalue weighted by atomic mass is 9.95. The molecular formula is C13H16N2O. The van der Waals surface area contributed by atoms with E-state index in [1.807, 2.05) is 31.2 Å². The van der Waals surface area contributed by atoms with Crippen LogP contribution in [-0.2, 0) is 4.79 Å². The predicted octanol–water partition coefficient (Wildman–Crippen LogP) is 2.08. The molecule has 1 atom stereocenters. The second kappa shape index (κ2) is 5.32. The number of amides is 1. The quantitative estimate of drug-likeness (QED) is 0.776. The van der Waals surface area contributed by atoms with Gasteiger partial charge in [0, 0.05) is 20.5 Å². The molecule has 16 heavy (non-hydrogen) atoms. The van der Waals surface area contributed by atoms with Crippen molar-refractivity contribution in [2.45, 2.75) is 19.3 Å². The van der Waals surface area contributed by atoms with Crippen molar-refractivity contribution in [2.75, 3.05) is 14.1 Å². The fourth-order valence-corrected chi connectivity index (χ4v) is 1.48. The van der Waals surface area contributed by atoms with Crippen LogP contribution < -0.4 is 0 Å². The number of aryl methyl sites for hydroxylation is 1. The Morgan fingerprint density at radius 2 is 2.19 bits per heavy atom. The molecule has 0 heterocycles. The molecule has 0 aliphatic heterocycles. The molecule has 0 saturated carbocycles. The number of nitrogens with zero attached hydrogens (tertiary/aromatic N) is 2.